The summed E-state index contributed by atoms with van der Waals surface area (Å²) in [5, 5.41) is 3.65. The van der Waals surface area contributed by atoms with E-state index in [-0.39, 0.29) is 0 Å². The molecule has 2 fully saturated rings. The first kappa shape index (κ1) is 16.3. The van der Waals surface area contributed by atoms with Crippen molar-refractivity contribution < 1.29 is 0 Å². The van der Waals surface area contributed by atoms with E-state index in [9.17, 15) is 0 Å². The number of hydrogen-bond acceptors (Lipinski definition) is 2. The molecule has 0 amide bonds. The van der Waals surface area contributed by atoms with Crippen molar-refractivity contribution in [1.82, 2.24) is 10.2 Å². The van der Waals surface area contributed by atoms with Crippen molar-refractivity contribution in [3.63, 3.8) is 0 Å². The molecular weight excluding hydrogens is 244 g/mol. The van der Waals surface area contributed by atoms with Gasteiger partial charge in [0.25, 0.3) is 0 Å². The van der Waals surface area contributed by atoms with Crippen LogP contribution in [0.25, 0.3) is 0 Å². The van der Waals surface area contributed by atoms with Gasteiger partial charge < -0.3 is 10.2 Å². The van der Waals surface area contributed by atoms with Crippen LogP contribution >= 0.6 is 0 Å². The van der Waals surface area contributed by atoms with Gasteiger partial charge in [-0.2, -0.15) is 0 Å². The fraction of sp³-hybridized carbons (Fsp3) is 1.00. The van der Waals surface area contributed by atoms with E-state index < -0.39 is 0 Å². The third kappa shape index (κ3) is 4.21. The van der Waals surface area contributed by atoms with Crippen LogP contribution in [0.15, 0.2) is 0 Å². The molecule has 0 aromatic heterocycles. The highest BCUT2D eigenvalue weighted by atomic mass is 15.2. The summed E-state index contributed by atoms with van der Waals surface area (Å²) >= 11 is 0. The first-order valence-electron chi connectivity index (χ1n) is 8.88. The average Bonchev–Trinajstić information content (AvgIpc) is 2.86. The van der Waals surface area contributed by atoms with Gasteiger partial charge in [-0.15, -0.1) is 0 Å². The Hall–Kier alpha value is -0.0800. The Balaban J connectivity index is 1.91. The lowest BCUT2D eigenvalue weighted by Crippen LogP contribution is -2.45. The lowest BCUT2D eigenvalue weighted by Gasteiger charge is -2.41. The molecule has 0 aromatic carbocycles. The zero-order valence-corrected chi connectivity index (χ0v) is 14.3. The molecule has 1 N–H and O–H groups in total. The first-order chi connectivity index (χ1) is 9.45. The van der Waals surface area contributed by atoms with Crippen molar-refractivity contribution >= 4 is 0 Å². The van der Waals surface area contributed by atoms with Crippen molar-refractivity contribution in [2.45, 2.75) is 66.2 Å². The maximum Gasteiger partial charge on any atom is 0.00503 e. The lowest BCUT2D eigenvalue weighted by molar-refractivity contribution is 0.109. The van der Waals surface area contributed by atoms with E-state index in [0.717, 1.165) is 12.5 Å². The fourth-order valence-electron chi connectivity index (χ4n) is 4.24. The number of hydrogen-bond donors (Lipinski definition) is 1. The van der Waals surface area contributed by atoms with Crippen LogP contribution in [0.3, 0.4) is 0 Å². The summed E-state index contributed by atoms with van der Waals surface area (Å²) in [5.74, 6) is 0.891. The molecule has 118 valence electrons. The maximum atomic E-state index is 3.65. The van der Waals surface area contributed by atoms with Gasteiger partial charge in [-0.25, -0.2) is 0 Å². The van der Waals surface area contributed by atoms with Gasteiger partial charge in [0.15, 0.2) is 0 Å². The van der Waals surface area contributed by atoms with Gasteiger partial charge in [0.2, 0.25) is 0 Å². The number of likely N-dealkylation sites (tertiary alicyclic amines) is 1. The zero-order chi connectivity index (χ0) is 14.6. The molecule has 0 radical (unpaired) electrons. The van der Waals surface area contributed by atoms with E-state index in [4.69, 9.17) is 0 Å². The molecule has 2 nitrogen and oxygen atoms in total. The van der Waals surface area contributed by atoms with Crippen molar-refractivity contribution in [1.29, 1.82) is 0 Å². The molecule has 2 aliphatic rings. The van der Waals surface area contributed by atoms with Gasteiger partial charge in [0.05, 0.1) is 0 Å². The summed E-state index contributed by atoms with van der Waals surface area (Å²) in [5.41, 5.74) is 1.05. The topological polar surface area (TPSA) is 15.3 Å². The van der Waals surface area contributed by atoms with Crippen molar-refractivity contribution in [2.24, 2.45) is 16.7 Å². The minimum absolute atomic E-state index is 0.482. The molecule has 1 saturated heterocycles. The van der Waals surface area contributed by atoms with Crippen LogP contribution in [0.1, 0.15) is 66.2 Å². The molecule has 0 spiro atoms. The van der Waals surface area contributed by atoms with Gasteiger partial charge in [-0.3, -0.25) is 0 Å². The second kappa shape index (κ2) is 6.79. The van der Waals surface area contributed by atoms with E-state index in [1.807, 2.05) is 0 Å². The molecule has 2 rings (SSSR count). The molecule has 1 saturated carbocycles. The van der Waals surface area contributed by atoms with Crippen molar-refractivity contribution in [3.05, 3.63) is 0 Å². The Morgan fingerprint density at radius 2 is 1.85 bits per heavy atom. The summed E-state index contributed by atoms with van der Waals surface area (Å²) in [6.45, 7) is 15.8. The third-order valence-corrected chi connectivity index (χ3v) is 5.72. The van der Waals surface area contributed by atoms with E-state index in [1.54, 1.807) is 0 Å². The van der Waals surface area contributed by atoms with Gasteiger partial charge >= 0.3 is 0 Å². The zero-order valence-electron chi connectivity index (χ0n) is 14.3. The predicted molar refractivity (Wildman–Crippen MR) is 88.1 cm³/mol. The largest absolute Gasteiger partial charge is 0.316 e. The van der Waals surface area contributed by atoms with Crippen LogP contribution in [-0.2, 0) is 0 Å². The fourth-order valence-corrected chi connectivity index (χ4v) is 4.24. The summed E-state index contributed by atoms with van der Waals surface area (Å²) in [4.78, 5) is 2.78. The van der Waals surface area contributed by atoms with Crippen molar-refractivity contribution in [3.8, 4) is 0 Å². The molecule has 1 aliphatic heterocycles. The van der Waals surface area contributed by atoms with E-state index in [1.165, 1.54) is 64.7 Å². The van der Waals surface area contributed by atoms with E-state index in [2.05, 4.69) is 37.9 Å². The molecule has 0 aromatic rings. The maximum absolute atomic E-state index is 3.65. The monoisotopic (exact) mass is 280 g/mol. The standard InChI is InChI=1S/C18H36N2/c1-5-19-14-18(10-7-6-8-11-18)15-20-12-9-16(13-20)17(2,3)4/h16,19H,5-15H2,1-4H3. The van der Waals surface area contributed by atoms with Crippen molar-refractivity contribution in [2.75, 3.05) is 32.7 Å². The van der Waals surface area contributed by atoms with Gasteiger partial charge in [-0.05, 0) is 49.1 Å². The van der Waals surface area contributed by atoms with Crippen LogP contribution in [-0.4, -0.2) is 37.6 Å². The van der Waals surface area contributed by atoms with Gasteiger partial charge in [0.1, 0.15) is 0 Å². The van der Waals surface area contributed by atoms with Crippen LogP contribution in [0.5, 0.6) is 0 Å². The second-order valence-corrected chi connectivity index (χ2v) is 8.43. The highest BCUT2D eigenvalue weighted by Gasteiger charge is 2.38. The summed E-state index contributed by atoms with van der Waals surface area (Å²) in [6, 6.07) is 0. The van der Waals surface area contributed by atoms with Crippen LogP contribution in [0.2, 0.25) is 0 Å². The van der Waals surface area contributed by atoms with E-state index >= 15 is 0 Å². The Kier molecular flexibility index (Phi) is 5.53. The Bertz CT molecular complexity index is 286. The second-order valence-electron chi connectivity index (χ2n) is 8.43. The SMILES string of the molecule is CCNCC1(CN2CCC(C(C)(C)C)C2)CCCCC1. The van der Waals surface area contributed by atoms with Crippen LogP contribution in [0, 0.1) is 16.7 Å². The summed E-state index contributed by atoms with van der Waals surface area (Å²) < 4.78 is 0. The smallest absolute Gasteiger partial charge is 0.00503 e. The lowest BCUT2D eigenvalue weighted by atomic mass is 9.73. The van der Waals surface area contributed by atoms with Gasteiger partial charge in [-0.1, -0.05) is 47.0 Å². The quantitative estimate of drug-likeness (QED) is 0.821. The highest BCUT2D eigenvalue weighted by molar-refractivity contribution is 4.91. The van der Waals surface area contributed by atoms with Crippen LogP contribution < -0.4 is 5.32 Å². The number of rotatable bonds is 5. The average molecular weight is 280 g/mol. The molecule has 0 bridgehead atoms. The highest BCUT2D eigenvalue weighted by Crippen LogP contribution is 2.39. The van der Waals surface area contributed by atoms with Crippen LogP contribution in [0.4, 0.5) is 0 Å². The third-order valence-electron chi connectivity index (χ3n) is 5.72. The Labute approximate surface area is 126 Å². The Morgan fingerprint density at radius 1 is 1.15 bits per heavy atom. The molecule has 1 aliphatic carbocycles. The molecule has 2 heteroatoms. The van der Waals surface area contributed by atoms with E-state index in [0.29, 0.717) is 10.8 Å². The molecule has 1 atom stereocenters. The number of nitrogens with zero attached hydrogens (tertiary/aromatic N) is 1. The summed E-state index contributed by atoms with van der Waals surface area (Å²) in [7, 11) is 0. The predicted octanol–water partition coefficient (Wildman–Crippen LogP) is 3.91. The molecule has 1 unspecified atom stereocenters. The normalized spacial score (nSPS) is 27.9. The Morgan fingerprint density at radius 3 is 2.40 bits per heavy atom. The molecular formula is C18H36N2. The summed E-state index contributed by atoms with van der Waals surface area (Å²) in [6.07, 6.45) is 8.64. The van der Waals surface area contributed by atoms with Gasteiger partial charge in [0, 0.05) is 19.6 Å². The minimum Gasteiger partial charge on any atom is -0.316 e. The first-order valence-corrected chi connectivity index (χ1v) is 8.88. The number of nitrogens with one attached hydrogen (secondary N) is 1. The molecule has 20 heavy (non-hydrogen) atoms. The minimum atomic E-state index is 0.482. The molecule has 1 heterocycles.